The van der Waals surface area contributed by atoms with Gasteiger partial charge in [0, 0.05) is 0 Å². The zero-order chi connectivity index (χ0) is 9.41. The fraction of sp³-hybridized carbons (Fsp3) is 1.00. The van der Waals surface area contributed by atoms with Gasteiger partial charge in [-0.05, 0) is 26.3 Å². The van der Waals surface area contributed by atoms with Gasteiger partial charge in [0.15, 0.2) is 6.10 Å². The Kier molecular flexibility index (Phi) is 4.02. The van der Waals surface area contributed by atoms with Crippen molar-refractivity contribution in [3.8, 4) is 0 Å². The molecular formula is C7H13ClF3NO. The maximum absolute atomic E-state index is 12.1. The monoisotopic (exact) mass is 219 g/mol. The average Bonchev–Trinajstić information content (AvgIpc) is 2.34. The lowest BCUT2D eigenvalue weighted by molar-refractivity contribution is -0.223. The quantitative estimate of drug-likeness (QED) is 0.700. The minimum Gasteiger partial charge on any atom is -0.382 e. The molecular weight excluding hydrogens is 207 g/mol. The van der Waals surface area contributed by atoms with Crippen molar-refractivity contribution in [1.82, 2.24) is 5.32 Å². The fourth-order valence-electron chi connectivity index (χ4n) is 1.51. The van der Waals surface area contributed by atoms with Crippen molar-refractivity contribution < 1.29 is 18.3 Å². The van der Waals surface area contributed by atoms with Gasteiger partial charge in [-0.3, -0.25) is 0 Å². The van der Waals surface area contributed by atoms with Crippen LogP contribution in [-0.4, -0.2) is 29.5 Å². The van der Waals surface area contributed by atoms with Gasteiger partial charge in [0.05, 0.1) is 5.54 Å². The first-order chi connectivity index (χ1) is 5.36. The van der Waals surface area contributed by atoms with E-state index in [1.54, 1.807) is 0 Å². The highest BCUT2D eigenvalue weighted by atomic mass is 35.5. The SMILES string of the molecule is C[C@]1([C@H](O)C(F)(F)F)CCCN1.Cl. The van der Waals surface area contributed by atoms with Crippen molar-refractivity contribution in [3.05, 3.63) is 0 Å². The van der Waals surface area contributed by atoms with E-state index in [0.29, 0.717) is 19.4 Å². The smallest absolute Gasteiger partial charge is 0.382 e. The summed E-state index contributed by atoms with van der Waals surface area (Å²) in [7, 11) is 0. The second-order valence-corrected chi connectivity index (χ2v) is 3.39. The van der Waals surface area contributed by atoms with Crippen molar-refractivity contribution in [2.24, 2.45) is 0 Å². The normalized spacial score (nSPS) is 31.2. The van der Waals surface area contributed by atoms with Crippen LogP contribution < -0.4 is 5.32 Å². The largest absolute Gasteiger partial charge is 0.416 e. The zero-order valence-corrected chi connectivity index (χ0v) is 8.00. The molecule has 1 fully saturated rings. The lowest BCUT2D eigenvalue weighted by atomic mass is 9.93. The highest BCUT2D eigenvalue weighted by Gasteiger charge is 2.51. The van der Waals surface area contributed by atoms with E-state index in [-0.39, 0.29) is 12.4 Å². The van der Waals surface area contributed by atoms with E-state index < -0.39 is 17.8 Å². The molecule has 13 heavy (non-hydrogen) atoms. The fourth-order valence-corrected chi connectivity index (χ4v) is 1.51. The molecule has 0 amide bonds. The maximum atomic E-state index is 12.1. The predicted octanol–water partition coefficient (Wildman–Crippen LogP) is 1.47. The van der Waals surface area contributed by atoms with E-state index in [1.165, 1.54) is 6.92 Å². The zero-order valence-electron chi connectivity index (χ0n) is 7.19. The molecule has 1 heterocycles. The first-order valence-corrected chi connectivity index (χ1v) is 3.86. The van der Waals surface area contributed by atoms with Gasteiger partial charge in [-0.2, -0.15) is 13.2 Å². The minimum absolute atomic E-state index is 0. The third-order valence-corrected chi connectivity index (χ3v) is 2.32. The van der Waals surface area contributed by atoms with Crippen LogP contribution in [0.1, 0.15) is 19.8 Å². The molecule has 0 spiro atoms. The third kappa shape index (κ3) is 2.72. The van der Waals surface area contributed by atoms with E-state index in [2.05, 4.69) is 5.32 Å². The lowest BCUT2D eigenvalue weighted by Gasteiger charge is -2.31. The molecule has 1 aliphatic heterocycles. The average molecular weight is 220 g/mol. The first kappa shape index (κ1) is 13.0. The number of halogens is 4. The van der Waals surface area contributed by atoms with Gasteiger partial charge < -0.3 is 10.4 Å². The van der Waals surface area contributed by atoms with Gasteiger partial charge in [-0.15, -0.1) is 12.4 Å². The Morgan fingerprint density at radius 2 is 2.00 bits per heavy atom. The van der Waals surface area contributed by atoms with Crippen LogP contribution in [0.15, 0.2) is 0 Å². The molecule has 0 aliphatic carbocycles. The van der Waals surface area contributed by atoms with E-state index in [0.717, 1.165) is 0 Å². The molecule has 0 aromatic rings. The van der Waals surface area contributed by atoms with Crippen LogP contribution in [0.25, 0.3) is 0 Å². The number of hydrogen-bond donors (Lipinski definition) is 2. The van der Waals surface area contributed by atoms with Crippen molar-refractivity contribution in [2.75, 3.05) is 6.54 Å². The van der Waals surface area contributed by atoms with Crippen LogP contribution in [0, 0.1) is 0 Å². The van der Waals surface area contributed by atoms with Crippen molar-refractivity contribution >= 4 is 12.4 Å². The minimum atomic E-state index is -4.52. The van der Waals surface area contributed by atoms with Gasteiger partial charge in [-0.25, -0.2) is 0 Å². The lowest BCUT2D eigenvalue weighted by Crippen LogP contribution is -2.54. The molecule has 1 aliphatic rings. The van der Waals surface area contributed by atoms with Crippen LogP contribution in [0.2, 0.25) is 0 Å². The molecule has 0 aromatic heterocycles. The molecule has 0 bridgehead atoms. The number of rotatable bonds is 1. The summed E-state index contributed by atoms with van der Waals surface area (Å²) in [6.07, 6.45) is -5.73. The molecule has 0 saturated carbocycles. The number of aliphatic hydroxyl groups excluding tert-OH is 1. The number of hydrogen-bond acceptors (Lipinski definition) is 2. The summed E-state index contributed by atoms with van der Waals surface area (Å²) >= 11 is 0. The van der Waals surface area contributed by atoms with Crippen molar-refractivity contribution in [1.29, 1.82) is 0 Å². The Morgan fingerprint density at radius 3 is 2.31 bits per heavy atom. The second-order valence-electron chi connectivity index (χ2n) is 3.39. The first-order valence-electron chi connectivity index (χ1n) is 3.86. The Balaban J connectivity index is 0.00000144. The van der Waals surface area contributed by atoms with Gasteiger partial charge in [0.2, 0.25) is 0 Å². The van der Waals surface area contributed by atoms with Crippen LogP contribution in [0.5, 0.6) is 0 Å². The topological polar surface area (TPSA) is 32.3 Å². The van der Waals surface area contributed by atoms with E-state index in [1.807, 2.05) is 0 Å². The summed E-state index contributed by atoms with van der Waals surface area (Å²) in [4.78, 5) is 0. The molecule has 0 unspecified atom stereocenters. The standard InChI is InChI=1S/C7H12F3NO.ClH/c1-6(3-2-4-11-6)5(12)7(8,9)10;/h5,11-12H,2-4H2,1H3;1H/t5-,6+;/m0./s1. The van der Waals surface area contributed by atoms with E-state index in [4.69, 9.17) is 5.11 Å². The molecule has 0 aromatic carbocycles. The Morgan fingerprint density at radius 1 is 1.46 bits per heavy atom. The predicted molar refractivity (Wildman–Crippen MR) is 45.0 cm³/mol. The molecule has 1 rings (SSSR count). The molecule has 2 nitrogen and oxygen atoms in total. The van der Waals surface area contributed by atoms with Crippen molar-refractivity contribution in [2.45, 2.75) is 37.6 Å². The Bertz CT molecular complexity index is 168. The molecule has 0 radical (unpaired) electrons. The van der Waals surface area contributed by atoms with Gasteiger partial charge >= 0.3 is 6.18 Å². The summed E-state index contributed by atoms with van der Waals surface area (Å²) in [5, 5.41) is 11.6. The second kappa shape index (κ2) is 4.02. The summed E-state index contributed by atoms with van der Waals surface area (Å²) in [6.45, 7) is 1.95. The van der Waals surface area contributed by atoms with Gasteiger partial charge in [0.1, 0.15) is 0 Å². The summed E-state index contributed by atoms with van der Waals surface area (Å²) in [6, 6.07) is 0. The third-order valence-electron chi connectivity index (χ3n) is 2.32. The number of aliphatic hydroxyl groups is 1. The summed E-state index contributed by atoms with van der Waals surface area (Å²) in [5.41, 5.74) is -1.18. The number of alkyl halides is 3. The van der Waals surface area contributed by atoms with E-state index >= 15 is 0 Å². The number of nitrogens with one attached hydrogen (secondary N) is 1. The van der Waals surface area contributed by atoms with E-state index in [9.17, 15) is 13.2 Å². The molecule has 1 saturated heterocycles. The van der Waals surface area contributed by atoms with Crippen LogP contribution in [0.3, 0.4) is 0 Å². The summed E-state index contributed by atoms with van der Waals surface area (Å²) in [5.74, 6) is 0. The Labute approximate surface area is 80.9 Å². The molecule has 80 valence electrons. The highest BCUT2D eigenvalue weighted by Crippen LogP contribution is 2.33. The molecule has 2 N–H and O–H groups in total. The maximum Gasteiger partial charge on any atom is 0.416 e. The van der Waals surface area contributed by atoms with Gasteiger partial charge in [-0.1, -0.05) is 0 Å². The van der Waals surface area contributed by atoms with Crippen LogP contribution in [-0.2, 0) is 0 Å². The van der Waals surface area contributed by atoms with Gasteiger partial charge in [0.25, 0.3) is 0 Å². The van der Waals surface area contributed by atoms with Crippen LogP contribution >= 0.6 is 12.4 Å². The van der Waals surface area contributed by atoms with Crippen LogP contribution in [0.4, 0.5) is 13.2 Å². The summed E-state index contributed by atoms with van der Waals surface area (Å²) < 4.78 is 36.2. The van der Waals surface area contributed by atoms with Crippen molar-refractivity contribution in [3.63, 3.8) is 0 Å². The molecule has 6 heteroatoms. The Hall–Kier alpha value is 0. The molecule has 2 atom stereocenters. The highest BCUT2D eigenvalue weighted by molar-refractivity contribution is 5.85.